The summed E-state index contributed by atoms with van der Waals surface area (Å²) in [6, 6.07) is 8.09. The summed E-state index contributed by atoms with van der Waals surface area (Å²) in [5.74, 6) is 0. The maximum absolute atomic E-state index is 5.56. The zero-order valence-corrected chi connectivity index (χ0v) is 10.6. The summed E-state index contributed by atoms with van der Waals surface area (Å²) in [5.41, 5.74) is 8.62. The molecule has 84 valence electrons. The van der Waals surface area contributed by atoms with E-state index < -0.39 is 0 Å². The van der Waals surface area contributed by atoms with Crippen molar-refractivity contribution in [3.05, 3.63) is 45.7 Å². The highest BCUT2D eigenvalue weighted by molar-refractivity contribution is 9.10. The third kappa shape index (κ3) is 2.15. The van der Waals surface area contributed by atoms with E-state index >= 15 is 0 Å². The Morgan fingerprint density at radius 2 is 2.12 bits per heavy atom. The Morgan fingerprint density at radius 3 is 2.75 bits per heavy atom. The topological polar surface area (TPSA) is 56.7 Å². The van der Waals surface area contributed by atoms with Crippen LogP contribution in [0, 0.1) is 6.92 Å². The Labute approximate surface area is 103 Å². The second-order valence-corrected chi connectivity index (χ2v) is 4.43. The molecule has 0 saturated carbocycles. The van der Waals surface area contributed by atoms with Gasteiger partial charge in [-0.2, -0.15) is 0 Å². The van der Waals surface area contributed by atoms with Crippen LogP contribution in [-0.2, 0) is 13.1 Å². The Balaban J connectivity index is 2.27. The predicted molar refractivity (Wildman–Crippen MR) is 65.9 cm³/mol. The minimum Gasteiger partial charge on any atom is -0.325 e. The molecule has 0 radical (unpaired) electrons. The van der Waals surface area contributed by atoms with Crippen molar-refractivity contribution in [1.29, 1.82) is 0 Å². The van der Waals surface area contributed by atoms with Crippen LogP contribution in [0.15, 0.2) is 28.7 Å². The first-order valence-corrected chi connectivity index (χ1v) is 5.84. The lowest BCUT2D eigenvalue weighted by Gasteiger charge is -2.05. The lowest BCUT2D eigenvalue weighted by atomic mass is 10.2. The molecule has 0 aliphatic carbocycles. The summed E-state index contributed by atoms with van der Waals surface area (Å²) in [7, 11) is 0. The lowest BCUT2D eigenvalue weighted by Crippen LogP contribution is -2.05. The normalized spacial score (nSPS) is 10.7. The molecule has 0 saturated heterocycles. The van der Waals surface area contributed by atoms with E-state index in [0.717, 1.165) is 15.9 Å². The van der Waals surface area contributed by atoms with Gasteiger partial charge in [-0.3, -0.25) is 0 Å². The van der Waals surface area contributed by atoms with E-state index in [4.69, 9.17) is 5.73 Å². The maximum Gasteiger partial charge on any atom is 0.0991 e. The summed E-state index contributed by atoms with van der Waals surface area (Å²) in [6.07, 6.45) is 0. The van der Waals surface area contributed by atoms with Gasteiger partial charge in [0.25, 0.3) is 0 Å². The fraction of sp³-hybridized carbons (Fsp3) is 0.273. The van der Waals surface area contributed by atoms with E-state index in [0.29, 0.717) is 13.1 Å². The lowest BCUT2D eigenvalue weighted by molar-refractivity contribution is 0.632. The van der Waals surface area contributed by atoms with Gasteiger partial charge in [-0.05, 0) is 18.6 Å². The maximum atomic E-state index is 5.56. The average molecular weight is 281 g/mol. The van der Waals surface area contributed by atoms with Crippen molar-refractivity contribution in [2.45, 2.75) is 20.0 Å². The first kappa shape index (κ1) is 11.3. The van der Waals surface area contributed by atoms with Crippen LogP contribution in [0.2, 0.25) is 0 Å². The van der Waals surface area contributed by atoms with E-state index in [1.54, 1.807) is 0 Å². The van der Waals surface area contributed by atoms with E-state index in [1.807, 2.05) is 29.8 Å². The fourth-order valence-corrected chi connectivity index (χ4v) is 1.93. The molecule has 0 fully saturated rings. The van der Waals surface area contributed by atoms with Gasteiger partial charge in [-0.15, -0.1) is 5.10 Å². The number of nitrogens with two attached hydrogens (primary N) is 1. The third-order valence-corrected chi connectivity index (χ3v) is 3.32. The van der Waals surface area contributed by atoms with E-state index in [1.165, 1.54) is 5.56 Å². The second-order valence-electron chi connectivity index (χ2n) is 3.57. The second kappa shape index (κ2) is 4.76. The molecule has 5 heteroatoms. The molecule has 0 unspecified atom stereocenters. The first-order valence-electron chi connectivity index (χ1n) is 5.05. The van der Waals surface area contributed by atoms with Crippen molar-refractivity contribution < 1.29 is 0 Å². The summed E-state index contributed by atoms with van der Waals surface area (Å²) in [5, 5.41) is 8.12. The molecule has 1 aromatic carbocycles. The van der Waals surface area contributed by atoms with Crippen LogP contribution in [-0.4, -0.2) is 15.0 Å². The standard InChI is InChI=1S/C11H13BrN4/c1-8-11(6-13)14-15-16(8)7-9-4-2-3-5-10(9)12/h2-5H,6-7,13H2,1H3. The van der Waals surface area contributed by atoms with Crippen LogP contribution >= 0.6 is 15.9 Å². The quantitative estimate of drug-likeness (QED) is 0.934. The number of rotatable bonds is 3. The van der Waals surface area contributed by atoms with Crippen molar-refractivity contribution in [3.63, 3.8) is 0 Å². The first-order chi connectivity index (χ1) is 7.72. The highest BCUT2D eigenvalue weighted by Crippen LogP contribution is 2.17. The van der Waals surface area contributed by atoms with Gasteiger partial charge in [0.2, 0.25) is 0 Å². The zero-order chi connectivity index (χ0) is 11.5. The Bertz CT molecular complexity index is 492. The van der Waals surface area contributed by atoms with Crippen LogP contribution in [0.5, 0.6) is 0 Å². The molecule has 16 heavy (non-hydrogen) atoms. The third-order valence-electron chi connectivity index (χ3n) is 2.55. The molecule has 0 atom stereocenters. The van der Waals surface area contributed by atoms with E-state index in [9.17, 15) is 0 Å². The largest absolute Gasteiger partial charge is 0.325 e. The van der Waals surface area contributed by atoms with Crippen molar-refractivity contribution in [2.75, 3.05) is 0 Å². The summed E-state index contributed by atoms with van der Waals surface area (Å²) in [6.45, 7) is 3.13. The average Bonchev–Trinajstić information content (AvgIpc) is 2.63. The van der Waals surface area contributed by atoms with Gasteiger partial charge in [0, 0.05) is 11.0 Å². The Kier molecular flexibility index (Phi) is 3.36. The molecule has 0 aliphatic rings. The van der Waals surface area contributed by atoms with Crippen molar-refractivity contribution in [2.24, 2.45) is 5.73 Å². The van der Waals surface area contributed by atoms with Gasteiger partial charge in [-0.1, -0.05) is 39.3 Å². The van der Waals surface area contributed by atoms with Crippen LogP contribution < -0.4 is 5.73 Å². The summed E-state index contributed by atoms with van der Waals surface area (Å²) >= 11 is 3.52. The van der Waals surface area contributed by atoms with Gasteiger partial charge in [0.15, 0.2) is 0 Å². The van der Waals surface area contributed by atoms with Gasteiger partial charge < -0.3 is 5.73 Å². The molecule has 0 bridgehead atoms. The number of nitrogens with zero attached hydrogens (tertiary/aromatic N) is 3. The summed E-state index contributed by atoms with van der Waals surface area (Å²) in [4.78, 5) is 0. The smallest absolute Gasteiger partial charge is 0.0991 e. The number of halogens is 1. The summed E-state index contributed by atoms with van der Waals surface area (Å²) < 4.78 is 2.95. The number of hydrogen-bond acceptors (Lipinski definition) is 3. The minimum atomic E-state index is 0.432. The molecule has 0 aliphatic heterocycles. The number of hydrogen-bond donors (Lipinski definition) is 1. The highest BCUT2D eigenvalue weighted by atomic mass is 79.9. The van der Waals surface area contributed by atoms with Crippen LogP contribution in [0.4, 0.5) is 0 Å². The molecule has 1 aromatic heterocycles. The van der Waals surface area contributed by atoms with Gasteiger partial charge >= 0.3 is 0 Å². The van der Waals surface area contributed by atoms with Gasteiger partial charge in [0.1, 0.15) is 0 Å². The molecule has 2 rings (SSSR count). The van der Waals surface area contributed by atoms with Gasteiger partial charge in [-0.25, -0.2) is 4.68 Å². The minimum absolute atomic E-state index is 0.432. The molecule has 0 spiro atoms. The monoisotopic (exact) mass is 280 g/mol. The van der Waals surface area contributed by atoms with Crippen molar-refractivity contribution in [3.8, 4) is 0 Å². The molecule has 2 aromatic rings. The Morgan fingerprint density at radius 1 is 1.38 bits per heavy atom. The highest BCUT2D eigenvalue weighted by Gasteiger charge is 2.08. The molecular formula is C11H13BrN4. The molecule has 0 amide bonds. The molecule has 4 nitrogen and oxygen atoms in total. The molecule has 2 N–H and O–H groups in total. The number of aromatic nitrogens is 3. The zero-order valence-electron chi connectivity index (χ0n) is 9.02. The van der Waals surface area contributed by atoms with Crippen LogP contribution in [0.25, 0.3) is 0 Å². The Hall–Kier alpha value is -1.20. The number of benzene rings is 1. The van der Waals surface area contributed by atoms with Crippen LogP contribution in [0.3, 0.4) is 0 Å². The van der Waals surface area contributed by atoms with Crippen molar-refractivity contribution in [1.82, 2.24) is 15.0 Å². The SMILES string of the molecule is Cc1c(CN)nnn1Cc1ccccc1Br. The fourth-order valence-electron chi connectivity index (χ4n) is 1.52. The van der Waals surface area contributed by atoms with E-state index in [2.05, 4.69) is 32.3 Å². The van der Waals surface area contributed by atoms with E-state index in [-0.39, 0.29) is 0 Å². The van der Waals surface area contributed by atoms with Crippen LogP contribution in [0.1, 0.15) is 17.0 Å². The molecular weight excluding hydrogens is 268 g/mol. The van der Waals surface area contributed by atoms with Gasteiger partial charge in [0.05, 0.1) is 17.9 Å². The van der Waals surface area contributed by atoms with Crippen molar-refractivity contribution >= 4 is 15.9 Å². The predicted octanol–water partition coefficient (Wildman–Crippen LogP) is 1.86. The molecule has 1 heterocycles.